The van der Waals surface area contributed by atoms with Gasteiger partial charge in [-0.3, -0.25) is 19.2 Å². The molecule has 4 nitrogen and oxygen atoms in total. The third-order valence-electron chi connectivity index (χ3n) is 3.23. The first-order valence-electron chi connectivity index (χ1n) is 5.66. The van der Waals surface area contributed by atoms with Gasteiger partial charge in [-0.15, -0.1) is 11.3 Å². The summed E-state index contributed by atoms with van der Waals surface area (Å²) < 4.78 is 0. The first-order valence-corrected chi connectivity index (χ1v) is 7.48. The number of hydrogen-bond donors (Lipinski definition) is 0. The largest absolute Gasteiger partial charge is 0.293 e. The fourth-order valence-corrected chi connectivity index (χ4v) is 4.04. The summed E-state index contributed by atoms with van der Waals surface area (Å²) in [4.78, 5) is 46.5. The lowest BCUT2D eigenvalue weighted by molar-refractivity contribution is 0.0890. The molecule has 98 valence electrons. The van der Waals surface area contributed by atoms with Gasteiger partial charge in [-0.2, -0.15) is 11.3 Å². The molecule has 1 unspecified atom stereocenters. The third-order valence-corrected chi connectivity index (χ3v) is 4.98. The molecule has 0 amide bonds. The van der Waals surface area contributed by atoms with Crippen molar-refractivity contribution < 1.29 is 19.2 Å². The molecule has 2 aromatic heterocycles. The summed E-state index contributed by atoms with van der Waals surface area (Å²) in [5, 5.41) is 5.08. The van der Waals surface area contributed by atoms with Gasteiger partial charge in [0, 0.05) is 21.4 Å². The molecular formula is C14H6O4S2. The van der Waals surface area contributed by atoms with E-state index in [-0.39, 0.29) is 22.0 Å². The Kier molecular flexibility index (Phi) is 3.19. The van der Waals surface area contributed by atoms with E-state index in [0.717, 1.165) is 11.3 Å². The minimum atomic E-state index is -1.22. The standard InChI is InChI=1S/C14H6O4S2/c15-3-8(4-16)14-11-9(6-20-14)12(17)10(13(11)18)7-1-2-19-5-7/h1-2,5-6,8,10H. The van der Waals surface area contributed by atoms with Gasteiger partial charge < -0.3 is 0 Å². The first kappa shape index (κ1) is 13.1. The maximum Gasteiger partial charge on any atom is 0.215 e. The van der Waals surface area contributed by atoms with E-state index in [2.05, 4.69) is 0 Å². The SMILES string of the molecule is O=[C]C([C]=O)c1scc2c1C(=O)C(c1ccsc1)C2=O. The van der Waals surface area contributed by atoms with Gasteiger partial charge in [0.2, 0.25) is 12.6 Å². The smallest absolute Gasteiger partial charge is 0.215 e. The van der Waals surface area contributed by atoms with Crippen LogP contribution in [0.15, 0.2) is 22.2 Å². The summed E-state index contributed by atoms with van der Waals surface area (Å²) in [6.07, 6.45) is 3.09. The normalized spacial score (nSPS) is 17.6. The molecule has 3 rings (SSSR count). The molecule has 0 saturated carbocycles. The highest BCUT2D eigenvalue weighted by atomic mass is 32.1. The van der Waals surface area contributed by atoms with Crippen molar-refractivity contribution in [1.82, 2.24) is 0 Å². The van der Waals surface area contributed by atoms with Crippen molar-refractivity contribution >= 4 is 46.8 Å². The van der Waals surface area contributed by atoms with Crippen LogP contribution in [0.3, 0.4) is 0 Å². The Bertz CT molecular complexity index is 704. The molecule has 1 aliphatic rings. The maximum absolute atomic E-state index is 12.5. The fraction of sp³-hybridized carbons (Fsp3) is 0.143. The minimum Gasteiger partial charge on any atom is -0.293 e. The number of rotatable bonds is 4. The van der Waals surface area contributed by atoms with E-state index in [4.69, 9.17) is 0 Å². The van der Waals surface area contributed by atoms with Crippen LogP contribution in [0.4, 0.5) is 0 Å². The van der Waals surface area contributed by atoms with Gasteiger partial charge in [0.15, 0.2) is 11.6 Å². The highest BCUT2D eigenvalue weighted by Gasteiger charge is 2.43. The molecule has 0 bridgehead atoms. The summed E-state index contributed by atoms with van der Waals surface area (Å²) in [7, 11) is 0. The van der Waals surface area contributed by atoms with Gasteiger partial charge in [-0.05, 0) is 22.4 Å². The minimum absolute atomic E-state index is 0.188. The summed E-state index contributed by atoms with van der Waals surface area (Å²) in [6.45, 7) is 0. The average molecular weight is 302 g/mol. The van der Waals surface area contributed by atoms with Crippen molar-refractivity contribution in [2.75, 3.05) is 0 Å². The molecule has 0 fully saturated rings. The van der Waals surface area contributed by atoms with Gasteiger partial charge >= 0.3 is 0 Å². The average Bonchev–Trinajstić information content (AvgIpc) is 3.12. The van der Waals surface area contributed by atoms with Gasteiger partial charge in [0.1, 0.15) is 11.8 Å². The molecule has 1 atom stereocenters. The number of Topliss-reactive ketones (excluding diaryl/α,β-unsaturated/α-hetero) is 2. The maximum atomic E-state index is 12.5. The van der Waals surface area contributed by atoms with Crippen molar-refractivity contribution in [2.45, 2.75) is 11.8 Å². The summed E-state index contributed by atoms with van der Waals surface area (Å²) >= 11 is 2.46. The van der Waals surface area contributed by atoms with E-state index >= 15 is 0 Å². The van der Waals surface area contributed by atoms with Crippen LogP contribution < -0.4 is 0 Å². The van der Waals surface area contributed by atoms with E-state index < -0.39 is 11.8 Å². The molecule has 2 radical (unpaired) electrons. The van der Waals surface area contributed by atoms with E-state index in [0.29, 0.717) is 11.1 Å². The molecular weight excluding hydrogens is 296 g/mol. The molecule has 0 aliphatic heterocycles. The first-order chi connectivity index (χ1) is 9.69. The van der Waals surface area contributed by atoms with Gasteiger partial charge in [-0.25, -0.2) is 0 Å². The predicted molar refractivity (Wildman–Crippen MR) is 74.2 cm³/mol. The van der Waals surface area contributed by atoms with Crippen LogP contribution >= 0.6 is 22.7 Å². The van der Waals surface area contributed by atoms with Gasteiger partial charge in [0.05, 0.1) is 0 Å². The van der Waals surface area contributed by atoms with Gasteiger partial charge in [0.25, 0.3) is 0 Å². The predicted octanol–water partition coefficient (Wildman–Crippen LogP) is 2.28. The molecule has 0 N–H and O–H groups in total. The van der Waals surface area contributed by atoms with E-state index in [1.807, 2.05) is 0 Å². The monoisotopic (exact) mass is 302 g/mol. The second-order valence-electron chi connectivity index (χ2n) is 4.28. The Morgan fingerprint density at radius 2 is 1.85 bits per heavy atom. The van der Waals surface area contributed by atoms with Crippen molar-refractivity contribution in [1.29, 1.82) is 0 Å². The summed E-state index contributed by atoms with van der Waals surface area (Å²) in [5.41, 5.74) is 1.13. The van der Waals surface area contributed by atoms with Crippen molar-refractivity contribution in [2.24, 2.45) is 0 Å². The molecule has 1 aliphatic carbocycles. The molecule has 0 spiro atoms. The zero-order valence-electron chi connectivity index (χ0n) is 9.91. The van der Waals surface area contributed by atoms with Crippen LogP contribution in [0, 0.1) is 0 Å². The molecule has 2 aromatic rings. The Morgan fingerprint density at radius 1 is 1.10 bits per heavy atom. The lowest BCUT2D eigenvalue weighted by Crippen LogP contribution is -2.13. The van der Waals surface area contributed by atoms with Crippen molar-refractivity contribution in [3.05, 3.63) is 43.8 Å². The lowest BCUT2D eigenvalue weighted by atomic mass is 9.96. The number of ketones is 2. The number of carbonyl (C=O) groups excluding carboxylic acids is 4. The lowest BCUT2D eigenvalue weighted by Gasteiger charge is -2.05. The van der Waals surface area contributed by atoms with Crippen LogP contribution in [0.1, 0.15) is 43.0 Å². The Morgan fingerprint density at radius 3 is 2.45 bits per heavy atom. The van der Waals surface area contributed by atoms with E-state index in [9.17, 15) is 19.2 Å². The van der Waals surface area contributed by atoms with Crippen LogP contribution in [-0.4, -0.2) is 24.1 Å². The van der Waals surface area contributed by atoms with Crippen LogP contribution in [0.25, 0.3) is 0 Å². The number of thiophene rings is 2. The number of hydrogen-bond acceptors (Lipinski definition) is 6. The van der Waals surface area contributed by atoms with Crippen LogP contribution in [-0.2, 0) is 9.59 Å². The third kappa shape index (κ3) is 1.72. The zero-order valence-corrected chi connectivity index (χ0v) is 11.5. The van der Waals surface area contributed by atoms with E-state index in [1.165, 1.54) is 16.7 Å². The molecule has 0 saturated heterocycles. The summed E-state index contributed by atoms with van der Waals surface area (Å²) in [5.74, 6) is -2.70. The molecule has 20 heavy (non-hydrogen) atoms. The van der Waals surface area contributed by atoms with E-state index in [1.54, 1.807) is 29.4 Å². The van der Waals surface area contributed by atoms with Crippen LogP contribution in [0.5, 0.6) is 0 Å². The Hall–Kier alpha value is -1.92. The highest BCUT2D eigenvalue weighted by Crippen LogP contribution is 2.41. The molecule has 0 aromatic carbocycles. The Balaban J connectivity index is 2.11. The molecule has 2 heterocycles. The second-order valence-corrected chi connectivity index (χ2v) is 5.97. The second kappa shape index (κ2) is 4.88. The quantitative estimate of drug-likeness (QED) is 0.813. The number of carbonyl (C=O) groups is 2. The Labute approximate surface area is 122 Å². The topological polar surface area (TPSA) is 68.3 Å². The highest BCUT2D eigenvalue weighted by molar-refractivity contribution is 7.11. The van der Waals surface area contributed by atoms with Crippen molar-refractivity contribution in [3.8, 4) is 0 Å². The number of fused-ring (bicyclic) bond motifs is 1. The molecule has 6 heteroatoms. The summed E-state index contributed by atoms with van der Waals surface area (Å²) in [6, 6.07) is 1.73. The fourth-order valence-electron chi connectivity index (χ4n) is 2.31. The van der Waals surface area contributed by atoms with Crippen LogP contribution in [0.2, 0.25) is 0 Å². The zero-order chi connectivity index (χ0) is 14.3. The van der Waals surface area contributed by atoms with Crippen molar-refractivity contribution in [3.63, 3.8) is 0 Å². The van der Waals surface area contributed by atoms with Gasteiger partial charge in [-0.1, -0.05) is 0 Å².